The summed E-state index contributed by atoms with van der Waals surface area (Å²) in [5, 5.41) is 2.99. The maximum Gasteiger partial charge on any atom is 0.222 e. The molecule has 0 aromatic heterocycles. The molecule has 2 heterocycles. The van der Waals surface area contributed by atoms with Crippen molar-refractivity contribution in [2.24, 2.45) is 0 Å². The van der Waals surface area contributed by atoms with Crippen molar-refractivity contribution in [1.29, 1.82) is 0 Å². The minimum atomic E-state index is 0.0163. The van der Waals surface area contributed by atoms with Gasteiger partial charge in [0.05, 0.1) is 0 Å². The van der Waals surface area contributed by atoms with E-state index >= 15 is 0 Å². The van der Waals surface area contributed by atoms with Crippen molar-refractivity contribution in [3.63, 3.8) is 0 Å². The van der Waals surface area contributed by atoms with E-state index < -0.39 is 0 Å². The fraction of sp³-hybridized carbons (Fsp3) is 0.619. The van der Waals surface area contributed by atoms with E-state index in [-0.39, 0.29) is 11.8 Å². The maximum absolute atomic E-state index is 12.1. The van der Waals surface area contributed by atoms with Gasteiger partial charge in [0.15, 0.2) is 0 Å². The van der Waals surface area contributed by atoms with Gasteiger partial charge >= 0.3 is 0 Å². The van der Waals surface area contributed by atoms with Crippen molar-refractivity contribution in [2.45, 2.75) is 58.0 Å². The van der Waals surface area contributed by atoms with Crippen LogP contribution < -0.4 is 5.32 Å². The molecule has 1 aromatic carbocycles. The third-order valence-corrected chi connectivity index (χ3v) is 5.37. The monoisotopic (exact) mass is 357 g/mol. The highest BCUT2D eigenvalue weighted by Crippen LogP contribution is 2.14. The normalized spacial score (nSPS) is 18.8. The second-order valence-electron chi connectivity index (χ2n) is 7.52. The van der Waals surface area contributed by atoms with Crippen LogP contribution in [0.15, 0.2) is 24.3 Å². The molecule has 2 aliphatic heterocycles. The summed E-state index contributed by atoms with van der Waals surface area (Å²) in [5.41, 5.74) is 2.46. The Morgan fingerprint density at radius 3 is 2.50 bits per heavy atom. The number of hydrogen-bond donors (Lipinski definition) is 1. The zero-order valence-corrected chi connectivity index (χ0v) is 15.7. The molecule has 2 fully saturated rings. The highest BCUT2D eigenvalue weighted by Gasteiger charge is 2.20. The molecule has 142 valence electrons. The van der Waals surface area contributed by atoms with Gasteiger partial charge in [-0.05, 0) is 43.5 Å². The fourth-order valence-corrected chi connectivity index (χ4v) is 3.86. The molecular weight excluding hydrogens is 326 g/mol. The van der Waals surface area contributed by atoms with Crippen LogP contribution in [0.2, 0.25) is 0 Å². The van der Waals surface area contributed by atoms with E-state index in [0.717, 1.165) is 25.1 Å². The predicted octanol–water partition coefficient (Wildman–Crippen LogP) is 2.69. The van der Waals surface area contributed by atoms with E-state index in [0.29, 0.717) is 25.9 Å². The largest absolute Gasteiger partial charge is 0.352 e. The molecule has 0 aliphatic carbocycles. The number of nitrogens with one attached hydrogen (secondary N) is 1. The molecule has 3 rings (SSSR count). The van der Waals surface area contributed by atoms with E-state index in [9.17, 15) is 9.59 Å². The minimum absolute atomic E-state index is 0.0163. The van der Waals surface area contributed by atoms with Crippen LogP contribution in [0.25, 0.3) is 0 Å². The Labute approximate surface area is 156 Å². The first kappa shape index (κ1) is 18.9. The molecule has 0 atom stereocenters. The quantitative estimate of drug-likeness (QED) is 0.816. The summed E-state index contributed by atoms with van der Waals surface area (Å²) in [5.74, 6) is 0.196. The lowest BCUT2D eigenvalue weighted by atomic mass is 10.1. The van der Waals surface area contributed by atoms with Crippen molar-refractivity contribution in [3.8, 4) is 0 Å². The maximum atomic E-state index is 12.1. The molecule has 1 aromatic rings. The van der Waals surface area contributed by atoms with Crippen molar-refractivity contribution in [1.82, 2.24) is 15.1 Å². The van der Waals surface area contributed by atoms with Crippen LogP contribution in [0.5, 0.6) is 0 Å². The van der Waals surface area contributed by atoms with Crippen LogP contribution in [-0.4, -0.2) is 47.8 Å². The Kier molecular flexibility index (Phi) is 7.06. The van der Waals surface area contributed by atoms with Gasteiger partial charge in [-0.2, -0.15) is 0 Å². The molecular formula is C21H31N3O2. The van der Waals surface area contributed by atoms with Crippen molar-refractivity contribution in [3.05, 3.63) is 35.4 Å². The van der Waals surface area contributed by atoms with Gasteiger partial charge in [0, 0.05) is 39.0 Å². The Balaban J connectivity index is 1.42. The van der Waals surface area contributed by atoms with E-state index in [1.54, 1.807) is 4.90 Å². The first-order valence-corrected chi connectivity index (χ1v) is 10.1. The summed E-state index contributed by atoms with van der Waals surface area (Å²) in [4.78, 5) is 28.0. The van der Waals surface area contributed by atoms with Crippen LogP contribution in [0.4, 0.5) is 0 Å². The van der Waals surface area contributed by atoms with Crippen LogP contribution in [0.1, 0.15) is 56.1 Å². The summed E-state index contributed by atoms with van der Waals surface area (Å²) in [6.45, 7) is 5.27. The van der Waals surface area contributed by atoms with Crippen LogP contribution in [0, 0.1) is 0 Å². The molecule has 0 unspecified atom stereocenters. The molecule has 0 spiro atoms. The van der Waals surface area contributed by atoms with E-state index in [4.69, 9.17) is 0 Å². The highest BCUT2D eigenvalue weighted by atomic mass is 16.2. The highest BCUT2D eigenvalue weighted by molar-refractivity contribution is 5.80. The van der Waals surface area contributed by atoms with Crippen molar-refractivity contribution in [2.75, 3.05) is 26.2 Å². The summed E-state index contributed by atoms with van der Waals surface area (Å²) in [7, 11) is 0. The minimum Gasteiger partial charge on any atom is -0.352 e. The van der Waals surface area contributed by atoms with Crippen molar-refractivity contribution >= 4 is 11.8 Å². The molecule has 0 radical (unpaired) electrons. The first-order chi connectivity index (χ1) is 12.7. The molecule has 26 heavy (non-hydrogen) atoms. The first-order valence-electron chi connectivity index (χ1n) is 10.1. The summed E-state index contributed by atoms with van der Waals surface area (Å²) in [6, 6.07) is 8.53. The number of rotatable bonds is 7. The van der Waals surface area contributed by atoms with Gasteiger partial charge in [-0.1, -0.05) is 37.1 Å². The lowest BCUT2D eigenvalue weighted by molar-refractivity contribution is -0.128. The van der Waals surface area contributed by atoms with E-state index in [1.165, 1.54) is 44.3 Å². The topological polar surface area (TPSA) is 52.7 Å². The molecule has 0 bridgehead atoms. The number of amides is 2. The standard InChI is InChI=1S/C21H31N3O2/c25-20(10-14-24-13-6-9-21(24)26)22-16-18-7-5-8-19(15-18)17-23-11-3-1-2-4-12-23/h5,7-8,15H,1-4,6,9-14,16-17H2,(H,22,25). The smallest absolute Gasteiger partial charge is 0.222 e. The Morgan fingerprint density at radius 2 is 1.77 bits per heavy atom. The number of carbonyl (C=O) groups excluding carboxylic acids is 2. The van der Waals surface area contributed by atoms with Crippen LogP contribution >= 0.6 is 0 Å². The molecule has 2 amide bonds. The van der Waals surface area contributed by atoms with E-state index in [1.807, 2.05) is 0 Å². The van der Waals surface area contributed by atoms with Gasteiger partial charge in [-0.3, -0.25) is 14.5 Å². The summed E-state index contributed by atoms with van der Waals surface area (Å²) >= 11 is 0. The zero-order chi connectivity index (χ0) is 18.2. The van der Waals surface area contributed by atoms with Gasteiger partial charge in [0.25, 0.3) is 0 Å². The van der Waals surface area contributed by atoms with Gasteiger partial charge < -0.3 is 10.2 Å². The number of nitrogens with zero attached hydrogens (tertiary/aromatic N) is 2. The molecule has 1 N–H and O–H groups in total. The Hall–Kier alpha value is -1.88. The zero-order valence-electron chi connectivity index (χ0n) is 15.7. The van der Waals surface area contributed by atoms with Gasteiger partial charge in [-0.15, -0.1) is 0 Å². The predicted molar refractivity (Wildman–Crippen MR) is 102 cm³/mol. The van der Waals surface area contributed by atoms with Gasteiger partial charge in [0.2, 0.25) is 11.8 Å². The Morgan fingerprint density at radius 1 is 1.00 bits per heavy atom. The lowest BCUT2D eigenvalue weighted by Crippen LogP contribution is -2.31. The molecule has 2 aliphatic rings. The average molecular weight is 357 g/mol. The average Bonchev–Trinajstić information content (AvgIpc) is 2.89. The second-order valence-corrected chi connectivity index (χ2v) is 7.52. The third-order valence-electron chi connectivity index (χ3n) is 5.37. The lowest BCUT2D eigenvalue weighted by Gasteiger charge is -2.20. The van der Waals surface area contributed by atoms with E-state index in [2.05, 4.69) is 34.5 Å². The van der Waals surface area contributed by atoms with Crippen LogP contribution in [0.3, 0.4) is 0 Å². The Bertz CT molecular complexity index is 609. The summed E-state index contributed by atoms with van der Waals surface area (Å²) < 4.78 is 0. The molecule has 5 heteroatoms. The SMILES string of the molecule is O=C(CCN1CCCC1=O)NCc1cccc(CN2CCCCCC2)c1. The second kappa shape index (κ2) is 9.72. The van der Waals surface area contributed by atoms with Gasteiger partial charge in [-0.25, -0.2) is 0 Å². The third kappa shape index (κ3) is 5.84. The van der Waals surface area contributed by atoms with Gasteiger partial charge in [0.1, 0.15) is 0 Å². The molecule has 5 nitrogen and oxygen atoms in total. The van der Waals surface area contributed by atoms with Crippen LogP contribution in [-0.2, 0) is 22.7 Å². The number of hydrogen-bond acceptors (Lipinski definition) is 3. The number of benzene rings is 1. The summed E-state index contributed by atoms with van der Waals surface area (Å²) in [6.07, 6.45) is 7.25. The number of likely N-dealkylation sites (tertiary alicyclic amines) is 2. The number of carbonyl (C=O) groups is 2. The molecule has 2 saturated heterocycles. The fourth-order valence-electron chi connectivity index (χ4n) is 3.86. The molecule has 0 saturated carbocycles. The van der Waals surface area contributed by atoms with Crippen molar-refractivity contribution < 1.29 is 9.59 Å².